The maximum absolute atomic E-state index is 5.60. The molecule has 0 saturated heterocycles. The van der Waals surface area contributed by atoms with E-state index in [-0.39, 0.29) is 6.10 Å². The van der Waals surface area contributed by atoms with Gasteiger partial charge in [-0.05, 0) is 25.1 Å². The van der Waals surface area contributed by atoms with Gasteiger partial charge in [0.2, 0.25) is 0 Å². The Kier molecular flexibility index (Phi) is 6.73. The van der Waals surface area contributed by atoms with E-state index in [1.807, 2.05) is 6.07 Å². The zero-order valence-corrected chi connectivity index (χ0v) is 12.1. The number of halogens is 1. The second-order valence-corrected chi connectivity index (χ2v) is 5.07. The van der Waals surface area contributed by atoms with Gasteiger partial charge < -0.3 is 15.4 Å². The Morgan fingerprint density at radius 3 is 2.71 bits per heavy atom. The molecular formula is C13H21BrN2O. The third-order valence-electron chi connectivity index (χ3n) is 2.83. The first-order chi connectivity index (χ1) is 8.17. The molecule has 4 heteroatoms. The molecule has 0 aliphatic carbocycles. The Morgan fingerprint density at radius 1 is 1.41 bits per heavy atom. The van der Waals surface area contributed by atoms with Crippen LogP contribution < -0.4 is 5.73 Å². The fraction of sp³-hybridized carbons (Fsp3) is 0.538. The molecule has 17 heavy (non-hydrogen) atoms. The van der Waals surface area contributed by atoms with Gasteiger partial charge in [-0.1, -0.05) is 34.1 Å². The van der Waals surface area contributed by atoms with E-state index in [2.05, 4.69) is 46.1 Å². The molecule has 0 aromatic heterocycles. The Labute approximate surface area is 112 Å². The number of methoxy groups -OCH3 is 1. The molecule has 0 saturated carbocycles. The molecule has 2 N–H and O–H groups in total. The highest BCUT2D eigenvalue weighted by Gasteiger charge is 2.08. The minimum atomic E-state index is 0.164. The SMILES string of the molecule is COC(CN)CCN(C)Cc1ccccc1Br. The van der Waals surface area contributed by atoms with Crippen molar-refractivity contribution in [1.29, 1.82) is 0 Å². The summed E-state index contributed by atoms with van der Waals surface area (Å²) in [4.78, 5) is 2.28. The van der Waals surface area contributed by atoms with Gasteiger partial charge in [0.15, 0.2) is 0 Å². The molecule has 96 valence electrons. The Hall–Kier alpha value is -0.420. The minimum absolute atomic E-state index is 0.164. The Morgan fingerprint density at radius 2 is 2.12 bits per heavy atom. The van der Waals surface area contributed by atoms with Crippen LogP contribution in [-0.2, 0) is 11.3 Å². The highest BCUT2D eigenvalue weighted by Crippen LogP contribution is 2.17. The lowest BCUT2D eigenvalue weighted by Gasteiger charge is -2.20. The summed E-state index contributed by atoms with van der Waals surface area (Å²) in [6.07, 6.45) is 1.13. The van der Waals surface area contributed by atoms with Crippen molar-refractivity contribution < 1.29 is 4.74 Å². The normalized spacial score (nSPS) is 13.0. The summed E-state index contributed by atoms with van der Waals surface area (Å²) in [5.74, 6) is 0. The van der Waals surface area contributed by atoms with Crippen LogP contribution in [0.3, 0.4) is 0 Å². The Bertz CT molecular complexity index is 329. The lowest BCUT2D eigenvalue weighted by Crippen LogP contribution is -2.28. The van der Waals surface area contributed by atoms with Crippen LogP contribution >= 0.6 is 15.9 Å². The predicted molar refractivity (Wildman–Crippen MR) is 74.9 cm³/mol. The van der Waals surface area contributed by atoms with E-state index in [0.29, 0.717) is 6.54 Å². The molecule has 0 radical (unpaired) electrons. The second-order valence-electron chi connectivity index (χ2n) is 4.21. The first-order valence-corrected chi connectivity index (χ1v) is 6.61. The molecule has 0 aliphatic heterocycles. The van der Waals surface area contributed by atoms with E-state index in [9.17, 15) is 0 Å². The van der Waals surface area contributed by atoms with Crippen molar-refractivity contribution in [3.05, 3.63) is 34.3 Å². The summed E-state index contributed by atoms with van der Waals surface area (Å²) >= 11 is 3.56. The van der Waals surface area contributed by atoms with E-state index in [4.69, 9.17) is 10.5 Å². The van der Waals surface area contributed by atoms with Crippen LogP contribution in [0.2, 0.25) is 0 Å². The molecule has 1 rings (SSSR count). The number of hydrogen-bond acceptors (Lipinski definition) is 3. The highest BCUT2D eigenvalue weighted by atomic mass is 79.9. The van der Waals surface area contributed by atoms with Crippen LogP contribution in [0.1, 0.15) is 12.0 Å². The first kappa shape index (κ1) is 14.6. The molecule has 3 nitrogen and oxygen atoms in total. The van der Waals surface area contributed by atoms with Crippen molar-refractivity contribution in [2.75, 3.05) is 27.2 Å². The summed E-state index contributed by atoms with van der Waals surface area (Å²) < 4.78 is 6.42. The van der Waals surface area contributed by atoms with Crippen molar-refractivity contribution in [3.8, 4) is 0 Å². The van der Waals surface area contributed by atoms with Crippen LogP contribution in [0.4, 0.5) is 0 Å². The fourth-order valence-electron chi connectivity index (χ4n) is 1.69. The maximum Gasteiger partial charge on any atom is 0.0705 e. The van der Waals surface area contributed by atoms with E-state index in [0.717, 1.165) is 24.0 Å². The maximum atomic E-state index is 5.60. The van der Waals surface area contributed by atoms with Crippen LogP contribution in [0.25, 0.3) is 0 Å². The van der Waals surface area contributed by atoms with Gasteiger partial charge >= 0.3 is 0 Å². The average Bonchev–Trinajstić information content (AvgIpc) is 2.33. The summed E-state index contributed by atoms with van der Waals surface area (Å²) in [6.45, 7) is 2.50. The molecular weight excluding hydrogens is 280 g/mol. The number of benzene rings is 1. The third kappa shape index (κ3) is 5.17. The predicted octanol–water partition coefficient (Wildman–Crippen LogP) is 2.24. The van der Waals surface area contributed by atoms with E-state index < -0.39 is 0 Å². The van der Waals surface area contributed by atoms with Crippen molar-refractivity contribution >= 4 is 15.9 Å². The van der Waals surface area contributed by atoms with Gasteiger partial charge in [0.05, 0.1) is 6.10 Å². The van der Waals surface area contributed by atoms with Gasteiger partial charge in [-0.25, -0.2) is 0 Å². The van der Waals surface area contributed by atoms with Crippen LogP contribution in [-0.4, -0.2) is 38.3 Å². The van der Waals surface area contributed by atoms with Gasteiger partial charge in [-0.2, -0.15) is 0 Å². The van der Waals surface area contributed by atoms with E-state index >= 15 is 0 Å². The van der Waals surface area contributed by atoms with Gasteiger partial charge in [-0.3, -0.25) is 0 Å². The minimum Gasteiger partial charge on any atom is -0.380 e. The molecule has 0 heterocycles. The molecule has 1 aromatic rings. The van der Waals surface area contributed by atoms with Crippen LogP contribution in [0.5, 0.6) is 0 Å². The molecule has 0 amide bonds. The zero-order valence-electron chi connectivity index (χ0n) is 10.5. The fourth-order valence-corrected chi connectivity index (χ4v) is 2.10. The lowest BCUT2D eigenvalue weighted by atomic mass is 10.2. The Balaban J connectivity index is 2.39. The van der Waals surface area contributed by atoms with Crippen LogP contribution in [0, 0.1) is 0 Å². The third-order valence-corrected chi connectivity index (χ3v) is 3.60. The monoisotopic (exact) mass is 300 g/mol. The van der Waals surface area contributed by atoms with E-state index in [1.165, 1.54) is 5.56 Å². The lowest BCUT2D eigenvalue weighted by molar-refractivity contribution is 0.0919. The zero-order chi connectivity index (χ0) is 12.7. The average molecular weight is 301 g/mol. The first-order valence-electron chi connectivity index (χ1n) is 5.82. The van der Waals surface area contributed by atoms with Crippen LogP contribution in [0.15, 0.2) is 28.7 Å². The standard InChI is InChI=1S/C13H21BrN2O/c1-16(8-7-12(9-15)17-2)10-11-5-3-4-6-13(11)14/h3-6,12H,7-10,15H2,1-2H3. The molecule has 1 aromatic carbocycles. The number of nitrogens with two attached hydrogens (primary N) is 1. The van der Waals surface area contributed by atoms with Crippen molar-refractivity contribution in [3.63, 3.8) is 0 Å². The van der Waals surface area contributed by atoms with Crippen molar-refractivity contribution in [1.82, 2.24) is 4.90 Å². The number of hydrogen-bond donors (Lipinski definition) is 1. The van der Waals surface area contributed by atoms with Crippen molar-refractivity contribution in [2.45, 2.75) is 19.1 Å². The van der Waals surface area contributed by atoms with Crippen molar-refractivity contribution in [2.24, 2.45) is 5.73 Å². The molecule has 0 bridgehead atoms. The van der Waals surface area contributed by atoms with Gasteiger partial charge in [0.25, 0.3) is 0 Å². The largest absolute Gasteiger partial charge is 0.380 e. The summed E-state index contributed by atoms with van der Waals surface area (Å²) in [5, 5.41) is 0. The second kappa shape index (κ2) is 7.82. The van der Waals surface area contributed by atoms with Gasteiger partial charge in [0.1, 0.15) is 0 Å². The smallest absolute Gasteiger partial charge is 0.0705 e. The topological polar surface area (TPSA) is 38.5 Å². The molecule has 0 aliphatic rings. The molecule has 1 unspecified atom stereocenters. The number of rotatable bonds is 7. The molecule has 0 spiro atoms. The quantitative estimate of drug-likeness (QED) is 0.839. The summed E-state index contributed by atoms with van der Waals surface area (Å²) in [6, 6.07) is 8.30. The molecule has 0 fully saturated rings. The van der Waals surface area contributed by atoms with Gasteiger partial charge in [0, 0.05) is 31.2 Å². The van der Waals surface area contributed by atoms with Gasteiger partial charge in [-0.15, -0.1) is 0 Å². The van der Waals surface area contributed by atoms with E-state index in [1.54, 1.807) is 7.11 Å². The number of nitrogens with zero attached hydrogens (tertiary/aromatic N) is 1. The number of ether oxygens (including phenoxy) is 1. The summed E-state index contributed by atoms with van der Waals surface area (Å²) in [5.41, 5.74) is 6.90. The molecule has 1 atom stereocenters. The highest BCUT2D eigenvalue weighted by molar-refractivity contribution is 9.10. The summed E-state index contributed by atoms with van der Waals surface area (Å²) in [7, 11) is 3.83.